The summed E-state index contributed by atoms with van der Waals surface area (Å²) in [4.78, 5) is 31.7. The third-order valence-electron chi connectivity index (χ3n) is 5.13. The Labute approximate surface area is 176 Å². The van der Waals surface area contributed by atoms with Crippen LogP contribution >= 0.6 is 0 Å². The summed E-state index contributed by atoms with van der Waals surface area (Å²) in [5.74, 6) is -0.409. The van der Waals surface area contributed by atoms with Crippen molar-refractivity contribution >= 4 is 28.6 Å². The average molecular weight is 409 g/mol. The van der Waals surface area contributed by atoms with Gasteiger partial charge in [0, 0.05) is 18.4 Å². The Hall–Kier alpha value is -3.22. The van der Waals surface area contributed by atoms with Crippen molar-refractivity contribution in [1.82, 2.24) is 15.0 Å². The van der Waals surface area contributed by atoms with Crippen LogP contribution in [0.3, 0.4) is 0 Å². The number of aryl methyl sites for hydroxylation is 4. The Morgan fingerprint density at radius 3 is 2.33 bits per heavy atom. The van der Waals surface area contributed by atoms with Crippen molar-refractivity contribution in [2.24, 2.45) is 0 Å². The molecule has 2 heterocycles. The van der Waals surface area contributed by atoms with Crippen LogP contribution in [0.1, 0.15) is 58.2 Å². The third kappa shape index (κ3) is 4.20. The maximum Gasteiger partial charge on any atom is 0.259 e. The van der Waals surface area contributed by atoms with E-state index in [9.17, 15) is 9.59 Å². The van der Waals surface area contributed by atoms with E-state index in [0.717, 1.165) is 28.1 Å². The summed E-state index contributed by atoms with van der Waals surface area (Å²) in [6.45, 7) is 11.6. The Bertz CT molecular complexity index is 1110. The molecule has 3 aromatic rings. The maximum atomic E-state index is 13.2. The molecular weight excluding hydrogens is 380 g/mol. The highest BCUT2D eigenvalue weighted by molar-refractivity contribution is 6.07. The summed E-state index contributed by atoms with van der Waals surface area (Å²) in [5.41, 5.74) is 6.04. The van der Waals surface area contributed by atoms with Gasteiger partial charge in [-0.3, -0.25) is 9.59 Å². The molecule has 2 aromatic heterocycles. The van der Waals surface area contributed by atoms with Crippen LogP contribution in [-0.4, -0.2) is 40.4 Å². The maximum absolute atomic E-state index is 13.2. The first-order valence-electron chi connectivity index (χ1n) is 9.98. The third-order valence-corrected chi connectivity index (χ3v) is 5.13. The minimum Gasteiger partial charge on any atom is -0.336 e. The number of carbonyl (C=O) groups is 2. The van der Waals surface area contributed by atoms with Gasteiger partial charge >= 0.3 is 0 Å². The lowest BCUT2D eigenvalue weighted by Crippen LogP contribution is -2.35. The van der Waals surface area contributed by atoms with Gasteiger partial charge < -0.3 is 14.7 Å². The number of aromatic nitrogens is 2. The van der Waals surface area contributed by atoms with Gasteiger partial charge in [0.15, 0.2) is 0 Å². The molecule has 2 amide bonds. The van der Waals surface area contributed by atoms with Gasteiger partial charge in [0.25, 0.3) is 11.6 Å². The second-order valence-electron chi connectivity index (χ2n) is 8.18. The molecule has 1 aromatic carbocycles. The lowest BCUT2D eigenvalue weighted by atomic mass is 10.0. The SMILES string of the molecule is Cc1cc(C)c(NC(=O)CN(C)C(=O)c2cc(C(C)C)nc3onc(C)c23)c(C)c1. The number of hydrogen-bond acceptors (Lipinski definition) is 5. The molecule has 0 aliphatic heterocycles. The van der Waals surface area contributed by atoms with E-state index in [1.54, 1.807) is 20.0 Å². The normalized spacial score (nSPS) is 11.2. The standard InChI is InChI=1S/C23H28N4O3/c1-12(2)18-10-17(20-16(6)26-30-22(20)24-18)23(29)27(7)11-19(28)25-21-14(4)8-13(3)9-15(21)5/h8-10,12H,11H2,1-7H3,(H,25,28). The molecule has 1 N–H and O–H groups in total. The van der Waals surface area contributed by atoms with Crippen LogP contribution < -0.4 is 5.32 Å². The molecule has 0 spiro atoms. The van der Waals surface area contributed by atoms with Crippen LogP contribution in [0.25, 0.3) is 11.1 Å². The number of carbonyl (C=O) groups excluding carboxylic acids is 2. The van der Waals surface area contributed by atoms with Gasteiger partial charge in [0.1, 0.15) is 0 Å². The van der Waals surface area contributed by atoms with Crippen LogP contribution in [0.2, 0.25) is 0 Å². The zero-order valence-corrected chi connectivity index (χ0v) is 18.6. The summed E-state index contributed by atoms with van der Waals surface area (Å²) in [7, 11) is 1.61. The van der Waals surface area contributed by atoms with Crippen LogP contribution in [0, 0.1) is 27.7 Å². The molecule has 3 rings (SSSR count). The highest BCUT2D eigenvalue weighted by Crippen LogP contribution is 2.26. The molecule has 158 valence electrons. The molecule has 0 bridgehead atoms. The Morgan fingerprint density at radius 2 is 1.73 bits per heavy atom. The first kappa shape index (κ1) is 21.5. The zero-order chi connectivity index (χ0) is 22.2. The summed E-state index contributed by atoms with van der Waals surface area (Å²) in [6, 6.07) is 5.81. The lowest BCUT2D eigenvalue weighted by molar-refractivity contribution is -0.116. The smallest absolute Gasteiger partial charge is 0.259 e. The van der Waals surface area contributed by atoms with Crippen molar-refractivity contribution in [3.63, 3.8) is 0 Å². The topological polar surface area (TPSA) is 88.3 Å². The van der Waals surface area contributed by atoms with Gasteiger partial charge in [-0.05, 0) is 50.8 Å². The van der Waals surface area contributed by atoms with Gasteiger partial charge in [-0.15, -0.1) is 0 Å². The molecule has 0 saturated heterocycles. The van der Waals surface area contributed by atoms with Crippen molar-refractivity contribution in [3.05, 3.63) is 51.8 Å². The Balaban J connectivity index is 1.84. The summed E-state index contributed by atoms with van der Waals surface area (Å²) in [5, 5.41) is 7.48. The Kier molecular flexibility index (Phi) is 5.92. The van der Waals surface area contributed by atoms with Crippen LogP contribution in [0.5, 0.6) is 0 Å². The quantitative estimate of drug-likeness (QED) is 0.680. The molecule has 0 atom stereocenters. The molecule has 7 heteroatoms. The molecular formula is C23H28N4O3. The highest BCUT2D eigenvalue weighted by atomic mass is 16.5. The molecule has 0 aliphatic rings. The molecule has 30 heavy (non-hydrogen) atoms. The van der Waals surface area contributed by atoms with E-state index in [4.69, 9.17) is 4.52 Å². The van der Waals surface area contributed by atoms with Crippen molar-refractivity contribution < 1.29 is 14.1 Å². The van der Waals surface area contributed by atoms with E-state index in [2.05, 4.69) is 15.5 Å². The van der Waals surface area contributed by atoms with Gasteiger partial charge in [-0.1, -0.05) is 36.7 Å². The zero-order valence-electron chi connectivity index (χ0n) is 18.6. The summed E-state index contributed by atoms with van der Waals surface area (Å²) in [6.07, 6.45) is 0. The number of hydrogen-bond donors (Lipinski definition) is 1. The van der Waals surface area contributed by atoms with Crippen molar-refractivity contribution in [1.29, 1.82) is 0 Å². The molecule has 0 unspecified atom stereocenters. The number of nitrogens with one attached hydrogen (secondary N) is 1. The van der Waals surface area contributed by atoms with Gasteiger partial charge in [-0.2, -0.15) is 0 Å². The molecule has 0 radical (unpaired) electrons. The van der Waals surface area contributed by atoms with E-state index in [1.165, 1.54) is 4.90 Å². The fourth-order valence-corrected chi connectivity index (χ4v) is 3.63. The fraction of sp³-hybridized carbons (Fsp3) is 0.391. The van der Waals surface area contributed by atoms with Crippen molar-refractivity contribution in [3.8, 4) is 0 Å². The van der Waals surface area contributed by atoms with Gasteiger partial charge in [-0.25, -0.2) is 4.98 Å². The molecule has 0 saturated carbocycles. The molecule has 0 fully saturated rings. The minimum atomic E-state index is -0.275. The predicted octanol–water partition coefficient (Wildman–Crippen LogP) is 4.29. The first-order valence-corrected chi connectivity index (χ1v) is 9.98. The summed E-state index contributed by atoms with van der Waals surface area (Å²) < 4.78 is 5.30. The van der Waals surface area contributed by atoms with Gasteiger partial charge in [0.05, 0.1) is 23.2 Å². The number of amides is 2. The number of fused-ring (bicyclic) bond motifs is 1. The number of anilines is 1. The van der Waals surface area contributed by atoms with E-state index < -0.39 is 0 Å². The first-order chi connectivity index (χ1) is 14.1. The van der Waals surface area contributed by atoms with E-state index in [1.807, 2.05) is 46.8 Å². The number of nitrogens with zero attached hydrogens (tertiary/aromatic N) is 3. The minimum absolute atomic E-state index is 0.0727. The van der Waals surface area contributed by atoms with Gasteiger partial charge in [0.2, 0.25) is 5.91 Å². The van der Waals surface area contributed by atoms with Crippen LogP contribution in [-0.2, 0) is 4.79 Å². The number of benzene rings is 1. The lowest BCUT2D eigenvalue weighted by Gasteiger charge is -2.19. The summed E-state index contributed by atoms with van der Waals surface area (Å²) >= 11 is 0. The van der Waals surface area contributed by atoms with Crippen LogP contribution in [0.4, 0.5) is 5.69 Å². The number of likely N-dealkylation sites (N-methyl/N-ethyl adjacent to an activating group) is 1. The second-order valence-corrected chi connectivity index (χ2v) is 8.18. The number of pyridine rings is 1. The Morgan fingerprint density at radius 1 is 1.10 bits per heavy atom. The average Bonchev–Trinajstić information content (AvgIpc) is 3.04. The number of rotatable bonds is 5. The molecule has 7 nitrogen and oxygen atoms in total. The monoisotopic (exact) mass is 408 g/mol. The van der Waals surface area contributed by atoms with Crippen molar-refractivity contribution in [2.45, 2.75) is 47.5 Å². The van der Waals surface area contributed by atoms with Crippen LogP contribution in [0.15, 0.2) is 22.7 Å². The van der Waals surface area contributed by atoms with E-state index in [0.29, 0.717) is 22.4 Å². The molecule has 0 aliphatic carbocycles. The largest absolute Gasteiger partial charge is 0.336 e. The highest BCUT2D eigenvalue weighted by Gasteiger charge is 2.23. The second kappa shape index (κ2) is 8.26. The van der Waals surface area contributed by atoms with Crippen molar-refractivity contribution in [2.75, 3.05) is 18.9 Å². The van der Waals surface area contributed by atoms with E-state index in [-0.39, 0.29) is 24.3 Å². The van der Waals surface area contributed by atoms with E-state index >= 15 is 0 Å². The predicted molar refractivity (Wildman–Crippen MR) is 117 cm³/mol. The fourth-order valence-electron chi connectivity index (χ4n) is 3.63.